The summed E-state index contributed by atoms with van der Waals surface area (Å²) in [4.78, 5) is 19.0. The van der Waals surface area contributed by atoms with Gasteiger partial charge in [-0.2, -0.15) is 5.10 Å². The molecule has 2 saturated heterocycles. The quantitative estimate of drug-likeness (QED) is 0.770. The summed E-state index contributed by atoms with van der Waals surface area (Å²) in [6.45, 7) is 6.18. The molecule has 0 bridgehead atoms. The summed E-state index contributed by atoms with van der Waals surface area (Å²) in [7, 11) is 0. The fourth-order valence-corrected chi connectivity index (χ4v) is 4.16. The van der Waals surface area contributed by atoms with E-state index in [4.69, 9.17) is 0 Å². The molecule has 144 valence electrons. The number of hydrogen-bond donors (Lipinski definition) is 3. The smallest absolute Gasteiger partial charge is 0.253 e. The average molecular weight is 368 g/mol. The molecule has 1 amide bonds. The van der Waals surface area contributed by atoms with Crippen LogP contribution in [0.1, 0.15) is 43.5 Å². The zero-order valence-corrected chi connectivity index (χ0v) is 16.0. The van der Waals surface area contributed by atoms with E-state index in [9.17, 15) is 4.79 Å². The molecule has 0 spiro atoms. The van der Waals surface area contributed by atoms with Crippen molar-refractivity contribution in [2.45, 2.75) is 45.2 Å². The number of aromatic amines is 1. The fraction of sp³-hybridized carbons (Fsp3) is 0.550. The van der Waals surface area contributed by atoms with E-state index < -0.39 is 0 Å². The van der Waals surface area contributed by atoms with Crippen LogP contribution in [0.25, 0.3) is 11.4 Å². The van der Waals surface area contributed by atoms with Crippen molar-refractivity contribution in [2.75, 3.05) is 13.1 Å². The first-order valence-electron chi connectivity index (χ1n) is 9.88. The van der Waals surface area contributed by atoms with Gasteiger partial charge in [0.15, 0.2) is 5.82 Å². The molecule has 1 aromatic carbocycles. The van der Waals surface area contributed by atoms with E-state index in [0.717, 1.165) is 37.1 Å². The third-order valence-electron chi connectivity index (χ3n) is 5.98. The molecule has 1 aromatic heterocycles. The number of nitrogens with one attached hydrogen (secondary N) is 3. The molecule has 2 aliphatic rings. The molecule has 4 rings (SSSR count). The Hall–Kier alpha value is -2.25. The maximum absolute atomic E-state index is 12.8. The van der Waals surface area contributed by atoms with Gasteiger partial charge in [0.25, 0.3) is 5.91 Å². The van der Waals surface area contributed by atoms with Crippen LogP contribution in [0.5, 0.6) is 0 Å². The lowest BCUT2D eigenvalue weighted by atomic mass is 9.85. The molecule has 2 aliphatic heterocycles. The molecule has 7 nitrogen and oxygen atoms in total. The number of H-pyrrole nitrogens is 1. The Balaban J connectivity index is 1.32. The fourth-order valence-electron chi connectivity index (χ4n) is 4.16. The second kappa shape index (κ2) is 7.78. The van der Waals surface area contributed by atoms with E-state index in [2.05, 4.69) is 39.9 Å². The van der Waals surface area contributed by atoms with Crippen LogP contribution in [0, 0.1) is 11.8 Å². The van der Waals surface area contributed by atoms with Crippen LogP contribution in [-0.2, 0) is 0 Å². The van der Waals surface area contributed by atoms with E-state index in [1.165, 1.54) is 12.7 Å². The monoisotopic (exact) mass is 368 g/mol. The summed E-state index contributed by atoms with van der Waals surface area (Å²) in [6, 6.07) is 8.67. The Morgan fingerprint density at radius 1 is 1.15 bits per heavy atom. The van der Waals surface area contributed by atoms with Crippen molar-refractivity contribution in [2.24, 2.45) is 11.8 Å². The van der Waals surface area contributed by atoms with Gasteiger partial charge >= 0.3 is 0 Å². The molecule has 2 atom stereocenters. The van der Waals surface area contributed by atoms with Gasteiger partial charge in [-0.1, -0.05) is 26.0 Å². The van der Waals surface area contributed by atoms with Gasteiger partial charge in [0.05, 0.1) is 0 Å². The minimum absolute atomic E-state index is 0.120. The number of carbonyl (C=O) groups is 1. The summed E-state index contributed by atoms with van der Waals surface area (Å²) >= 11 is 0. The summed E-state index contributed by atoms with van der Waals surface area (Å²) in [6.07, 6.45) is 4.79. The first-order chi connectivity index (χ1) is 13.1. The van der Waals surface area contributed by atoms with Crippen molar-refractivity contribution >= 4 is 5.91 Å². The minimum atomic E-state index is 0.120. The second-order valence-electron chi connectivity index (χ2n) is 8.02. The predicted molar refractivity (Wildman–Crippen MR) is 104 cm³/mol. The third-order valence-corrected chi connectivity index (χ3v) is 5.98. The van der Waals surface area contributed by atoms with Gasteiger partial charge < -0.3 is 4.90 Å². The summed E-state index contributed by atoms with van der Waals surface area (Å²) in [5.41, 5.74) is 8.59. The minimum Gasteiger partial charge on any atom is -0.339 e. The Bertz CT molecular complexity index is 749. The molecule has 2 fully saturated rings. The molecule has 2 aromatic rings. The number of carbonyl (C=O) groups excluding carboxylic acids is 1. The van der Waals surface area contributed by atoms with Crippen LogP contribution in [-0.4, -0.2) is 51.2 Å². The van der Waals surface area contributed by atoms with Crippen molar-refractivity contribution in [3.63, 3.8) is 0 Å². The molecular formula is C20H28N6O. The van der Waals surface area contributed by atoms with E-state index in [1.54, 1.807) is 0 Å². The maximum atomic E-state index is 12.8. The predicted octanol–water partition coefficient (Wildman–Crippen LogP) is 2.21. The lowest BCUT2D eigenvalue weighted by Gasteiger charge is -2.34. The third kappa shape index (κ3) is 3.89. The first-order valence-corrected chi connectivity index (χ1v) is 9.88. The van der Waals surface area contributed by atoms with E-state index >= 15 is 0 Å². The lowest BCUT2D eigenvalue weighted by molar-refractivity contribution is 0.0673. The van der Waals surface area contributed by atoms with Crippen molar-refractivity contribution in [3.05, 3.63) is 36.2 Å². The molecule has 7 heteroatoms. The van der Waals surface area contributed by atoms with Gasteiger partial charge in [-0.25, -0.2) is 4.98 Å². The standard InChI is InChI=1S/C20H28N6O/c1-13(2)17-11-18(24-23-17)14-7-9-26(10-8-14)20(27)16-5-3-15(4-6-16)19-21-12-22-25-19/h3-6,12-14,17-18,23-24H,7-11H2,1-2H3,(H,21,22,25). The zero-order valence-electron chi connectivity index (χ0n) is 16.0. The molecule has 2 unspecified atom stereocenters. The van der Waals surface area contributed by atoms with Gasteiger partial charge in [0.2, 0.25) is 0 Å². The Kier molecular flexibility index (Phi) is 5.22. The van der Waals surface area contributed by atoms with Gasteiger partial charge in [0, 0.05) is 36.3 Å². The average Bonchev–Trinajstić information content (AvgIpc) is 3.40. The molecule has 3 heterocycles. The number of likely N-dealkylation sites (tertiary alicyclic amines) is 1. The Morgan fingerprint density at radius 3 is 2.48 bits per heavy atom. The van der Waals surface area contributed by atoms with E-state index in [0.29, 0.717) is 29.7 Å². The zero-order chi connectivity index (χ0) is 18.8. The SMILES string of the molecule is CC(C)C1CC(C2CCN(C(=O)c3ccc(-c4ncn[nH]4)cc3)CC2)NN1. The summed E-state index contributed by atoms with van der Waals surface area (Å²) in [5.74, 6) is 2.12. The van der Waals surface area contributed by atoms with Crippen LogP contribution in [0.4, 0.5) is 0 Å². The first kappa shape index (κ1) is 18.1. The molecule has 27 heavy (non-hydrogen) atoms. The maximum Gasteiger partial charge on any atom is 0.253 e. The molecule has 3 N–H and O–H groups in total. The van der Waals surface area contributed by atoms with Gasteiger partial charge in [-0.15, -0.1) is 0 Å². The number of benzene rings is 1. The van der Waals surface area contributed by atoms with Crippen molar-refractivity contribution in [1.29, 1.82) is 0 Å². The highest BCUT2D eigenvalue weighted by atomic mass is 16.2. The summed E-state index contributed by atoms with van der Waals surface area (Å²) in [5, 5.41) is 6.70. The van der Waals surface area contributed by atoms with Crippen molar-refractivity contribution in [3.8, 4) is 11.4 Å². The highest BCUT2D eigenvalue weighted by Crippen LogP contribution is 2.27. The Labute approximate surface area is 159 Å². The molecule has 0 aliphatic carbocycles. The molecular weight excluding hydrogens is 340 g/mol. The van der Waals surface area contributed by atoms with Crippen molar-refractivity contribution in [1.82, 2.24) is 30.9 Å². The van der Waals surface area contributed by atoms with Crippen LogP contribution in [0.3, 0.4) is 0 Å². The second-order valence-corrected chi connectivity index (χ2v) is 8.02. The number of aromatic nitrogens is 3. The number of nitrogens with zero attached hydrogens (tertiary/aromatic N) is 3. The molecule has 0 saturated carbocycles. The Morgan fingerprint density at radius 2 is 1.89 bits per heavy atom. The van der Waals surface area contributed by atoms with E-state index in [1.807, 2.05) is 29.2 Å². The topological polar surface area (TPSA) is 85.9 Å². The highest BCUT2D eigenvalue weighted by Gasteiger charge is 2.34. The van der Waals surface area contributed by atoms with Crippen LogP contribution in [0.2, 0.25) is 0 Å². The number of hydrogen-bond acceptors (Lipinski definition) is 5. The van der Waals surface area contributed by atoms with E-state index in [-0.39, 0.29) is 5.91 Å². The molecule has 0 radical (unpaired) electrons. The number of hydrazine groups is 1. The number of amides is 1. The van der Waals surface area contributed by atoms with Crippen LogP contribution >= 0.6 is 0 Å². The van der Waals surface area contributed by atoms with Gasteiger partial charge in [-0.3, -0.25) is 20.7 Å². The van der Waals surface area contributed by atoms with Gasteiger partial charge in [0.1, 0.15) is 6.33 Å². The normalized spacial score (nSPS) is 23.9. The van der Waals surface area contributed by atoms with Gasteiger partial charge in [-0.05, 0) is 43.2 Å². The lowest BCUT2D eigenvalue weighted by Crippen LogP contribution is -2.44. The highest BCUT2D eigenvalue weighted by molar-refractivity contribution is 5.94. The largest absolute Gasteiger partial charge is 0.339 e. The number of rotatable bonds is 4. The summed E-state index contributed by atoms with van der Waals surface area (Å²) < 4.78 is 0. The number of piperidine rings is 1. The van der Waals surface area contributed by atoms with Crippen LogP contribution in [0.15, 0.2) is 30.6 Å². The van der Waals surface area contributed by atoms with Crippen molar-refractivity contribution < 1.29 is 4.79 Å². The van der Waals surface area contributed by atoms with Crippen LogP contribution < -0.4 is 10.9 Å².